The van der Waals surface area contributed by atoms with Crippen molar-refractivity contribution in [3.8, 4) is 0 Å². The van der Waals surface area contributed by atoms with Crippen LogP contribution in [0.4, 0.5) is 5.69 Å². The van der Waals surface area contributed by atoms with Crippen LogP contribution in [0.2, 0.25) is 5.02 Å². The van der Waals surface area contributed by atoms with Gasteiger partial charge in [0.25, 0.3) is 0 Å². The molecule has 2 nitrogen and oxygen atoms in total. The molecule has 1 unspecified atom stereocenters. The van der Waals surface area contributed by atoms with Gasteiger partial charge < -0.3 is 10.4 Å². The van der Waals surface area contributed by atoms with Crippen molar-refractivity contribution >= 4 is 49.1 Å². The molecule has 5 heteroatoms. The van der Waals surface area contributed by atoms with Gasteiger partial charge in [0.2, 0.25) is 0 Å². The lowest BCUT2D eigenvalue weighted by Crippen LogP contribution is -2.12. The number of hydrogen-bond donors (Lipinski definition) is 2. The van der Waals surface area contributed by atoms with Crippen LogP contribution >= 0.6 is 43.5 Å². The second kappa shape index (κ2) is 6.75. The predicted molar refractivity (Wildman–Crippen MR) is 86.7 cm³/mol. The van der Waals surface area contributed by atoms with Crippen molar-refractivity contribution in [2.45, 2.75) is 6.10 Å². The van der Waals surface area contributed by atoms with Crippen molar-refractivity contribution in [3.05, 3.63) is 62.0 Å². The highest BCUT2D eigenvalue weighted by Crippen LogP contribution is 2.26. The summed E-state index contributed by atoms with van der Waals surface area (Å²) in [7, 11) is 0. The summed E-state index contributed by atoms with van der Waals surface area (Å²) < 4.78 is 1.79. The lowest BCUT2D eigenvalue weighted by molar-refractivity contribution is 0.191. The molecule has 0 saturated carbocycles. The molecule has 0 bridgehead atoms. The summed E-state index contributed by atoms with van der Waals surface area (Å²) in [5.41, 5.74) is 1.78. The highest BCUT2D eigenvalue weighted by molar-refractivity contribution is 9.10. The molecule has 0 aliphatic carbocycles. The van der Waals surface area contributed by atoms with Gasteiger partial charge in [-0.25, -0.2) is 0 Å². The maximum atomic E-state index is 10.1. The largest absolute Gasteiger partial charge is 0.387 e. The molecule has 2 aromatic rings. The first-order valence-corrected chi connectivity index (χ1v) is 7.65. The van der Waals surface area contributed by atoms with Gasteiger partial charge >= 0.3 is 0 Å². The van der Waals surface area contributed by atoms with E-state index in [-0.39, 0.29) is 0 Å². The highest BCUT2D eigenvalue weighted by atomic mass is 79.9. The lowest BCUT2D eigenvalue weighted by atomic mass is 10.1. The van der Waals surface area contributed by atoms with Crippen LogP contribution in [-0.2, 0) is 0 Å². The molecule has 19 heavy (non-hydrogen) atoms. The zero-order valence-electron chi connectivity index (χ0n) is 9.91. The molecule has 0 fully saturated rings. The van der Waals surface area contributed by atoms with E-state index in [1.54, 1.807) is 6.07 Å². The summed E-state index contributed by atoms with van der Waals surface area (Å²) in [4.78, 5) is 0. The van der Waals surface area contributed by atoms with Crippen molar-refractivity contribution in [1.29, 1.82) is 0 Å². The number of aliphatic hydroxyl groups excluding tert-OH is 1. The Labute approximate surface area is 134 Å². The van der Waals surface area contributed by atoms with Crippen LogP contribution in [0, 0.1) is 0 Å². The molecule has 100 valence electrons. The third-order valence-corrected chi connectivity index (χ3v) is 4.36. The number of halogens is 3. The first-order valence-electron chi connectivity index (χ1n) is 5.69. The second-order valence-corrected chi connectivity index (χ2v) is 6.26. The Bertz CT molecular complexity index is 577. The predicted octanol–water partition coefficient (Wildman–Crippen LogP) is 5.01. The number of rotatable bonds is 4. The van der Waals surface area contributed by atoms with E-state index in [2.05, 4.69) is 37.2 Å². The van der Waals surface area contributed by atoms with Crippen LogP contribution in [0.1, 0.15) is 11.7 Å². The second-order valence-electron chi connectivity index (χ2n) is 4.08. The van der Waals surface area contributed by atoms with E-state index in [0.29, 0.717) is 11.6 Å². The Balaban J connectivity index is 2.00. The molecule has 0 saturated heterocycles. The van der Waals surface area contributed by atoms with Crippen LogP contribution in [0.5, 0.6) is 0 Å². The van der Waals surface area contributed by atoms with E-state index in [1.807, 2.05) is 36.4 Å². The van der Waals surface area contributed by atoms with E-state index >= 15 is 0 Å². The molecule has 2 rings (SSSR count). The fraction of sp³-hybridized carbons (Fsp3) is 0.143. The summed E-state index contributed by atoms with van der Waals surface area (Å²) in [5, 5.41) is 14.0. The number of benzene rings is 2. The molecule has 0 spiro atoms. The summed E-state index contributed by atoms with van der Waals surface area (Å²) >= 11 is 12.7. The molecule has 2 aromatic carbocycles. The number of anilines is 1. The van der Waals surface area contributed by atoms with Gasteiger partial charge in [0.1, 0.15) is 0 Å². The van der Waals surface area contributed by atoms with Gasteiger partial charge in [-0.1, -0.05) is 39.7 Å². The molecular formula is C14H12Br2ClNO. The molecule has 0 aromatic heterocycles. The van der Waals surface area contributed by atoms with Crippen LogP contribution in [0.3, 0.4) is 0 Å². The lowest BCUT2D eigenvalue weighted by Gasteiger charge is -2.14. The van der Waals surface area contributed by atoms with Gasteiger partial charge in [-0.15, -0.1) is 0 Å². The summed E-state index contributed by atoms with van der Waals surface area (Å²) in [5.74, 6) is 0. The molecule has 0 heterocycles. The van der Waals surface area contributed by atoms with E-state index in [4.69, 9.17) is 11.6 Å². The summed E-state index contributed by atoms with van der Waals surface area (Å²) in [6.45, 7) is 0.435. The van der Waals surface area contributed by atoms with Crippen LogP contribution < -0.4 is 5.32 Å². The average molecular weight is 406 g/mol. The van der Waals surface area contributed by atoms with Crippen LogP contribution in [0.15, 0.2) is 51.4 Å². The Morgan fingerprint density at radius 1 is 1.16 bits per heavy atom. The quantitative estimate of drug-likeness (QED) is 0.749. The van der Waals surface area contributed by atoms with Crippen molar-refractivity contribution < 1.29 is 5.11 Å². The molecule has 0 amide bonds. The third kappa shape index (κ3) is 4.21. The number of aliphatic hydroxyl groups is 1. The topological polar surface area (TPSA) is 32.3 Å². The van der Waals surface area contributed by atoms with Crippen molar-refractivity contribution in [1.82, 2.24) is 0 Å². The molecule has 0 radical (unpaired) electrons. The maximum absolute atomic E-state index is 10.1. The molecule has 0 aliphatic heterocycles. The summed E-state index contributed by atoms with van der Waals surface area (Å²) in [6.07, 6.45) is -0.563. The molecule has 2 N–H and O–H groups in total. The molecule has 0 aliphatic rings. The van der Waals surface area contributed by atoms with Gasteiger partial charge in [0.15, 0.2) is 0 Å². The maximum Gasteiger partial charge on any atom is 0.0962 e. The van der Waals surface area contributed by atoms with Gasteiger partial charge in [0, 0.05) is 21.2 Å². The molecular weight excluding hydrogens is 393 g/mol. The SMILES string of the molecule is OC(CNc1ccc(Cl)c(Br)c1)c1cccc(Br)c1. The van der Waals surface area contributed by atoms with Gasteiger partial charge in [-0.3, -0.25) is 0 Å². The average Bonchev–Trinajstić information content (AvgIpc) is 2.40. The van der Waals surface area contributed by atoms with E-state index in [1.165, 1.54) is 0 Å². The fourth-order valence-corrected chi connectivity index (χ4v) is 2.57. The Morgan fingerprint density at radius 3 is 2.63 bits per heavy atom. The number of nitrogens with one attached hydrogen (secondary N) is 1. The van der Waals surface area contributed by atoms with E-state index in [0.717, 1.165) is 20.2 Å². The smallest absolute Gasteiger partial charge is 0.0962 e. The van der Waals surface area contributed by atoms with Crippen molar-refractivity contribution in [2.24, 2.45) is 0 Å². The minimum atomic E-state index is -0.563. The molecule has 1 atom stereocenters. The standard InChI is InChI=1S/C14H12Br2ClNO/c15-10-3-1-2-9(6-10)14(19)8-18-11-4-5-13(17)12(16)7-11/h1-7,14,18-19H,8H2. The summed E-state index contributed by atoms with van der Waals surface area (Å²) in [6, 6.07) is 13.2. The highest BCUT2D eigenvalue weighted by Gasteiger charge is 2.08. The Kier molecular flexibility index (Phi) is 5.28. The van der Waals surface area contributed by atoms with E-state index < -0.39 is 6.10 Å². The first kappa shape index (κ1) is 14.9. The van der Waals surface area contributed by atoms with Crippen molar-refractivity contribution in [3.63, 3.8) is 0 Å². The first-order chi connectivity index (χ1) is 9.06. The minimum absolute atomic E-state index is 0.435. The number of hydrogen-bond acceptors (Lipinski definition) is 2. The Morgan fingerprint density at radius 2 is 1.95 bits per heavy atom. The monoisotopic (exact) mass is 403 g/mol. The van der Waals surface area contributed by atoms with Crippen LogP contribution in [0.25, 0.3) is 0 Å². The Hall–Kier alpha value is -0.550. The van der Waals surface area contributed by atoms with Gasteiger partial charge in [-0.2, -0.15) is 0 Å². The third-order valence-electron chi connectivity index (χ3n) is 2.65. The zero-order chi connectivity index (χ0) is 13.8. The van der Waals surface area contributed by atoms with Crippen molar-refractivity contribution in [2.75, 3.05) is 11.9 Å². The van der Waals surface area contributed by atoms with Gasteiger partial charge in [-0.05, 0) is 51.8 Å². The normalized spacial score (nSPS) is 12.2. The fourth-order valence-electron chi connectivity index (χ4n) is 1.65. The van der Waals surface area contributed by atoms with E-state index in [9.17, 15) is 5.11 Å². The zero-order valence-corrected chi connectivity index (χ0v) is 13.8. The van der Waals surface area contributed by atoms with Crippen LogP contribution in [-0.4, -0.2) is 11.7 Å². The van der Waals surface area contributed by atoms with Gasteiger partial charge in [0.05, 0.1) is 11.1 Å². The minimum Gasteiger partial charge on any atom is -0.387 e.